The summed E-state index contributed by atoms with van der Waals surface area (Å²) in [4.78, 5) is 0.0401. The first kappa shape index (κ1) is 17.8. The summed E-state index contributed by atoms with van der Waals surface area (Å²) in [7, 11) is -0.891. The molecule has 0 unspecified atom stereocenters. The van der Waals surface area contributed by atoms with Crippen LogP contribution in [0.5, 0.6) is 11.5 Å². The van der Waals surface area contributed by atoms with E-state index < -0.39 is 10.0 Å². The molecule has 2 aromatic carbocycles. The fraction of sp³-hybridized carbons (Fsp3) is 0.167. The molecule has 26 heavy (non-hydrogen) atoms. The van der Waals surface area contributed by atoms with Crippen LogP contribution in [0.4, 0.5) is 5.69 Å². The van der Waals surface area contributed by atoms with E-state index in [9.17, 15) is 8.42 Å². The summed E-state index contributed by atoms with van der Waals surface area (Å²) in [6.45, 7) is 0.550. The monoisotopic (exact) mass is 373 g/mol. The fourth-order valence-corrected chi connectivity index (χ4v) is 3.72. The quantitative estimate of drug-likeness (QED) is 0.689. The molecule has 8 heteroatoms. The van der Waals surface area contributed by atoms with Crippen LogP contribution in [0.1, 0.15) is 5.56 Å². The molecule has 0 aliphatic carbocycles. The number of anilines is 1. The largest absolute Gasteiger partial charge is 0.497 e. The first-order valence-corrected chi connectivity index (χ1v) is 9.31. The zero-order chi connectivity index (χ0) is 18.6. The van der Waals surface area contributed by atoms with Crippen molar-refractivity contribution >= 4 is 15.7 Å². The van der Waals surface area contributed by atoms with Gasteiger partial charge in [0.25, 0.3) is 10.0 Å². The predicted molar refractivity (Wildman–Crippen MR) is 98.1 cm³/mol. The third-order valence-electron chi connectivity index (χ3n) is 3.74. The second-order valence-electron chi connectivity index (χ2n) is 5.53. The maximum Gasteiger partial charge on any atom is 0.265 e. The second kappa shape index (κ2) is 7.49. The number of sulfonamides is 1. The van der Waals surface area contributed by atoms with Crippen molar-refractivity contribution < 1.29 is 17.9 Å². The van der Waals surface area contributed by atoms with Gasteiger partial charge in [0.1, 0.15) is 16.4 Å². The summed E-state index contributed by atoms with van der Waals surface area (Å²) < 4.78 is 40.2. The Labute approximate surface area is 152 Å². The van der Waals surface area contributed by atoms with Gasteiger partial charge in [0.05, 0.1) is 20.8 Å². The number of rotatable bonds is 7. The molecule has 0 saturated carbocycles. The van der Waals surface area contributed by atoms with E-state index in [0.29, 0.717) is 18.0 Å². The van der Waals surface area contributed by atoms with Crippen molar-refractivity contribution in [3.05, 3.63) is 66.5 Å². The van der Waals surface area contributed by atoms with Crippen LogP contribution in [0.25, 0.3) is 0 Å². The van der Waals surface area contributed by atoms with Gasteiger partial charge in [0.2, 0.25) is 0 Å². The van der Waals surface area contributed by atoms with Crippen molar-refractivity contribution in [2.75, 3.05) is 18.9 Å². The maximum atomic E-state index is 12.8. The molecule has 0 radical (unpaired) electrons. The molecule has 0 fully saturated rings. The van der Waals surface area contributed by atoms with E-state index in [2.05, 4.69) is 9.82 Å². The van der Waals surface area contributed by atoms with Crippen molar-refractivity contribution in [1.82, 2.24) is 9.78 Å². The number of hydrogen-bond donors (Lipinski definition) is 1. The van der Waals surface area contributed by atoms with E-state index in [1.807, 2.05) is 18.3 Å². The molecule has 0 amide bonds. The second-order valence-corrected chi connectivity index (χ2v) is 7.18. The highest BCUT2D eigenvalue weighted by Gasteiger charge is 2.20. The highest BCUT2D eigenvalue weighted by Crippen LogP contribution is 2.29. The molecule has 0 aliphatic heterocycles. The topological polar surface area (TPSA) is 82.5 Å². The first-order valence-electron chi connectivity index (χ1n) is 7.83. The average Bonchev–Trinajstić information content (AvgIpc) is 3.14. The summed E-state index contributed by atoms with van der Waals surface area (Å²) in [5, 5.41) is 4.15. The van der Waals surface area contributed by atoms with Crippen molar-refractivity contribution in [2.45, 2.75) is 11.4 Å². The first-order chi connectivity index (χ1) is 12.5. The lowest BCUT2D eigenvalue weighted by Gasteiger charge is -2.13. The summed E-state index contributed by atoms with van der Waals surface area (Å²) in [5.74, 6) is 0.728. The Kier molecular flexibility index (Phi) is 5.13. The van der Waals surface area contributed by atoms with Gasteiger partial charge in [0, 0.05) is 24.1 Å². The third-order valence-corrected chi connectivity index (χ3v) is 5.16. The smallest absolute Gasteiger partial charge is 0.265 e. The summed E-state index contributed by atoms with van der Waals surface area (Å²) >= 11 is 0. The Morgan fingerprint density at radius 3 is 2.62 bits per heavy atom. The normalized spacial score (nSPS) is 11.2. The molecule has 136 valence electrons. The van der Waals surface area contributed by atoms with Crippen LogP contribution in [-0.2, 0) is 16.6 Å². The van der Waals surface area contributed by atoms with Gasteiger partial charge in [-0.1, -0.05) is 12.1 Å². The number of benzene rings is 2. The summed E-state index contributed by atoms with van der Waals surface area (Å²) in [5.41, 5.74) is 1.39. The van der Waals surface area contributed by atoms with Crippen molar-refractivity contribution in [3.8, 4) is 11.5 Å². The van der Waals surface area contributed by atoms with E-state index in [4.69, 9.17) is 9.47 Å². The lowest BCUT2D eigenvalue weighted by molar-refractivity contribution is 0.386. The highest BCUT2D eigenvalue weighted by atomic mass is 32.2. The zero-order valence-electron chi connectivity index (χ0n) is 14.4. The van der Waals surface area contributed by atoms with Crippen molar-refractivity contribution in [3.63, 3.8) is 0 Å². The summed E-state index contributed by atoms with van der Waals surface area (Å²) in [6, 6.07) is 13.6. The van der Waals surface area contributed by atoms with Crippen molar-refractivity contribution in [2.24, 2.45) is 0 Å². The van der Waals surface area contributed by atoms with Gasteiger partial charge < -0.3 is 9.47 Å². The van der Waals surface area contributed by atoms with Crippen LogP contribution in [-0.4, -0.2) is 32.4 Å². The Morgan fingerprint density at radius 2 is 1.92 bits per heavy atom. The number of hydrogen-bond acceptors (Lipinski definition) is 5. The van der Waals surface area contributed by atoms with E-state index in [1.54, 1.807) is 35.1 Å². The number of ether oxygens (including phenoxy) is 2. The van der Waals surface area contributed by atoms with Crippen LogP contribution >= 0.6 is 0 Å². The number of nitrogens with one attached hydrogen (secondary N) is 1. The molecule has 1 N–H and O–H groups in total. The number of aromatic nitrogens is 2. The number of methoxy groups -OCH3 is 2. The molecule has 1 aromatic heterocycles. The van der Waals surface area contributed by atoms with E-state index in [-0.39, 0.29) is 10.6 Å². The molecule has 1 heterocycles. The number of nitrogens with zero attached hydrogens (tertiary/aromatic N) is 2. The standard InChI is InChI=1S/C18H19N3O4S/c1-24-16-7-8-18(17(12-16)25-2)26(22,23)20-15-6-3-5-14(11-15)13-21-10-4-9-19-21/h3-12,20H,13H2,1-2H3. The maximum absolute atomic E-state index is 12.8. The lowest BCUT2D eigenvalue weighted by Crippen LogP contribution is -2.14. The minimum atomic E-state index is -3.81. The molecule has 0 bridgehead atoms. The molecule has 3 aromatic rings. The van der Waals surface area contributed by atoms with Crippen LogP contribution in [0.15, 0.2) is 65.8 Å². The molecular weight excluding hydrogens is 354 g/mol. The molecule has 0 spiro atoms. The van der Waals surface area contributed by atoms with Gasteiger partial charge in [-0.05, 0) is 35.9 Å². The Morgan fingerprint density at radius 1 is 1.08 bits per heavy atom. The van der Waals surface area contributed by atoms with E-state index in [0.717, 1.165) is 5.56 Å². The van der Waals surface area contributed by atoms with E-state index >= 15 is 0 Å². The lowest BCUT2D eigenvalue weighted by atomic mass is 10.2. The molecular formula is C18H19N3O4S. The van der Waals surface area contributed by atoms with Gasteiger partial charge in [-0.2, -0.15) is 5.10 Å². The molecule has 7 nitrogen and oxygen atoms in total. The fourth-order valence-electron chi connectivity index (χ4n) is 2.52. The predicted octanol–water partition coefficient (Wildman–Crippen LogP) is 2.75. The van der Waals surface area contributed by atoms with Crippen LogP contribution in [0, 0.1) is 0 Å². The highest BCUT2D eigenvalue weighted by molar-refractivity contribution is 7.92. The van der Waals surface area contributed by atoms with Crippen LogP contribution < -0.4 is 14.2 Å². The van der Waals surface area contributed by atoms with Gasteiger partial charge in [-0.3, -0.25) is 9.40 Å². The Bertz CT molecular complexity index is 985. The Hall–Kier alpha value is -3.00. The molecule has 0 atom stereocenters. The zero-order valence-corrected chi connectivity index (χ0v) is 15.2. The summed E-state index contributed by atoms with van der Waals surface area (Å²) in [6.07, 6.45) is 3.54. The minimum absolute atomic E-state index is 0.0401. The van der Waals surface area contributed by atoms with Crippen molar-refractivity contribution in [1.29, 1.82) is 0 Å². The van der Waals surface area contributed by atoms with E-state index in [1.165, 1.54) is 26.4 Å². The van der Waals surface area contributed by atoms with Gasteiger partial charge in [0.15, 0.2) is 0 Å². The molecule has 0 aliphatic rings. The third kappa shape index (κ3) is 3.97. The van der Waals surface area contributed by atoms with Crippen LogP contribution in [0.2, 0.25) is 0 Å². The van der Waals surface area contributed by atoms with Gasteiger partial charge >= 0.3 is 0 Å². The minimum Gasteiger partial charge on any atom is -0.497 e. The molecule has 0 saturated heterocycles. The Balaban J connectivity index is 1.86. The molecule has 3 rings (SSSR count). The SMILES string of the molecule is COc1ccc(S(=O)(=O)Nc2cccc(Cn3cccn3)c2)c(OC)c1. The average molecular weight is 373 g/mol. The van der Waals surface area contributed by atoms with Gasteiger partial charge in [-0.15, -0.1) is 0 Å². The van der Waals surface area contributed by atoms with Gasteiger partial charge in [-0.25, -0.2) is 8.42 Å². The van der Waals surface area contributed by atoms with Crippen LogP contribution in [0.3, 0.4) is 0 Å².